The maximum atomic E-state index is 14.2. The third kappa shape index (κ3) is 4.95. The number of likely N-dealkylation sites (N-methyl/N-ethyl adjacent to an activating group) is 1. The largest absolute Gasteiger partial charge is 0.510 e. The van der Waals surface area contributed by atoms with E-state index in [0.717, 1.165) is 5.70 Å². The molecule has 12 heteroatoms. The van der Waals surface area contributed by atoms with Gasteiger partial charge in [0.25, 0.3) is 5.91 Å². The summed E-state index contributed by atoms with van der Waals surface area (Å²) in [5.41, 5.74) is 3.82. The van der Waals surface area contributed by atoms with Crippen molar-refractivity contribution in [1.29, 1.82) is 0 Å². The van der Waals surface area contributed by atoms with Crippen LogP contribution in [-0.2, 0) is 22.6 Å². The van der Waals surface area contributed by atoms with Gasteiger partial charge in [-0.2, -0.15) is 0 Å². The second-order valence-corrected chi connectivity index (χ2v) is 13.5. The molecule has 0 saturated carbocycles. The number of amides is 1. The zero-order valence-electron chi connectivity index (χ0n) is 26.6. The number of carbonyl (C=O) groups excluding carboxylic acids is 3. The fourth-order valence-corrected chi connectivity index (χ4v) is 6.87. The number of hydrogen-bond acceptors (Lipinski definition) is 11. The molecule has 1 aromatic carbocycles. The molecule has 0 bridgehead atoms. The summed E-state index contributed by atoms with van der Waals surface area (Å²) >= 11 is 0. The summed E-state index contributed by atoms with van der Waals surface area (Å²) in [6.45, 7) is 9.87. The minimum Gasteiger partial charge on any atom is -0.510 e. The predicted octanol–water partition coefficient (Wildman–Crippen LogP) is 2.21. The van der Waals surface area contributed by atoms with Gasteiger partial charge in [0.15, 0.2) is 11.4 Å². The van der Waals surface area contributed by atoms with E-state index >= 15 is 0 Å². The van der Waals surface area contributed by atoms with E-state index in [1.54, 1.807) is 14.1 Å². The first-order valence-electron chi connectivity index (χ1n) is 14.4. The smallest absolute Gasteiger partial charge is 0.255 e. The van der Waals surface area contributed by atoms with Crippen LogP contribution in [0.15, 0.2) is 45.6 Å². The van der Waals surface area contributed by atoms with Crippen molar-refractivity contribution in [3.8, 4) is 5.75 Å². The molecule has 3 aliphatic rings. The average molecular weight is 610 g/mol. The highest BCUT2D eigenvalue weighted by Gasteiger charge is 2.63. The summed E-state index contributed by atoms with van der Waals surface area (Å²) in [5.74, 6) is -6.74. The summed E-state index contributed by atoms with van der Waals surface area (Å²) in [4.78, 5) is 49.3. The molecule has 44 heavy (non-hydrogen) atoms. The molecule has 1 unspecified atom stereocenters. The number of rotatable bonds is 7. The van der Waals surface area contributed by atoms with Gasteiger partial charge < -0.3 is 36.0 Å². The summed E-state index contributed by atoms with van der Waals surface area (Å²) in [6.07, 6.45) is 2.05. The van der Waals surface area contributed by atoms with Crippen molar-refractivity contribution in [2.75, 3.05) is 40.1 Å². The number of allylic oxidation sites excluding steroid dienone is 2. The summed E-state index contributed by atoms with van der Waals surface area (Å²) in [6, 6.07) is 0.772. The van der Waals surface area contributed by atoms with Crippen molar-refractivity contribution in [3.63, 3.8) is 0 Å². The molecular weight excluding hydrogens is 566 g/mol. The number of hydrogen-bond donors (Lipinski definition) is 5. The van der Waals surface area contributed by atoms with E-state index in [-0.39, 0.29) is 41.7 Å². The standard InChI is InChI=1S/C32H43N5O7/c1-31(2,3)20(34-4)14-37(9)13-16-12-19(35(5)6)17-10-15-11-18-24(36(7)8)27(40)23(30(33)43)29(42)32(18,44)28(41)21(15)26(39)22(17)25(16)38/h12,14-15,18,24,38,40-41,44H,4,10-11,13H2,1-3,5-9H3,(H2,33,43)/b20-14-/t15-,18-,24?,32-/m0/s1. The van der Waals surface area contributed by atoms with E-state index < -0.39 is 58.0 Å². The fraction of sp³-hybridized carbons (Fsp3) is 0.500. The number of primary amides is 1. The number of nitrogens with zero attached hydrogens (tertiary/aromatic N) is 4. The highest BCUT2D eigenvalue weighted by atomic mass is 16.3. The number of nitrogens with two attached hydrogens (primary N) is 1. The number of Topliss-reactive ketones (excluding diaryl/α,β-unsaturated/α-hetero) is 2. The lowest BCUT2D eigenvalue weighted by atomic mass is 9.58. The Balaban J connectivity index is 1.90. The third-order valence-corrected chi connectivity index (χ3v) is 8.96. The maximum absolute atomic E-state index is 14.2. The monoisotopic (exact) mass is 609 g/mol. The Kier molecular flexibility index (Phi) is 8.25. The van der Waals surface area contributed by atoms with Crippen LogP contribution in [-0.4, -0.2) is 101 Å². The Hall–Kier alpha value is -4.16. The van der Waals surface area contributed by atoms with Crippen LogP contribution in [0.1, 0.15) is 48.7 Å². The molecule has 12 nitrogen and oxygen atoms in total. The van der Waals surface area contributed by atoms with Gasteiger partial charge in [-0.3, -0.25) is 24.3 Å². The number of fused-ring (bicyclic) bond motifs is 3. The van der Waals surface area contributed by atoms with Gasteiger partial charge in [0.05, 0.1) is 17.3 Å². The highest BCUT2D eigenvalue weighted by Crippen LogP contribution is 2.53. The Bertz CT molecular complexity index is 1550. The van der Waals surface area contributed by atoms with Gasteiger partial charge in [-0.25, -0.2) is 0 Å². The SMILES string of the molecule is C=N/C(=C\N(C)Cc1cc(N(C)C)c2c(c1O)C(=O)C1=C(O)[C@]3(O)C(=O)C(C(N)=O)=C(O)C(N(C)C)[C@@H]3C[C@@H]1C2)C(C)(C)C. The first-order chi connectivity index (χ1) is 20.3. The van der Waals surface area contributed by atoms with Gasteiger partial charge in [-0.1, -0.05) is 20.8 Å². The first kappa shape index (κ1) is 32.7. The second-order valence-electron chi connectivity index (χ2n) is 13.5. The van der Waals surface area contributed by atoms with Crippen molar-refractivity contribution >= 4 is 29.9 Å². The molecule has 238 valence electrons. The van der Waals surface area contributed by atoms with Crippen LogP contribution in [0.3, 0.4) is 0 Å². The number of aromatic hydroxyl groups is 1. The number of aliphatic hydroxyl groups excluding tert-OH is 2. The minimum atomic E-state index is -2.69. The molecule has 0 radical (unpaired) electrons. The molecule has 6 N–H and O–H groups in total. The lowest BCUT2D eigenvalue weighted by Gasteiger charge is -2.50. The van der Waals surface area contributed by atoms with Crippen molar-refractivity contribution in [2.24, 2.45) is 28.0 Å². The van der Waals surface area contributed by atoms with Crippen LogP contribution in [0, 0.1) is 17.3 Å². The number of benzene rings is 1. The van der Waals surface area contributed by atoms with Crippen molar-refractivity contribution in [3.05, 3.63) is 57.3 Å². The summed E-state index contributed by atoms with van der Waals surface area (Å²) < 4.78 is 0. The molecule has 0 spiro atoms. The van der Waals surface area contributed by atoms with Gasteiger partial charge in [0.2, 0.25) is 5.78 Å². The maximum Gasteiger partial charge on any atom is 0.255 e. The van der Waals surface area contributed by atoms with Crippen LogP contribution in [0.5, 0.6) is 5.75 Å². The van der Waals surface area contributed by atoms with E-state index in [1.807, 2.05) is 64.0 Å². The molecule has 0 aliphatic heterocycles. The minimum absolute atomic E-state index is 0.0257. The number of aliphatic hydroxyl groups is 3. The Morgan fingerprint density at radius 3 is 2.27 bits per heavy atom. The molecule has 1 aromatic rings. The van der Waals surface area contributed by atoms with Crippen molar-refractivity contribution in [1.82, 2.24) is 9.80 Å². The van der Waals surface area contributed by atoms with Gasteiger partial charge in [0, 0.05) is 62.0 Å². The lowest BCUT2D eigenvalue weighted by Crippen LogP contribution is -2.63. The van der Waals surface area contributed by atoms with Crippen LogP contribution in [0.2, 0.25) is 0 Å². The number of aliphatic imine (C=N–C) groups is 1. The number of ketones is 2. The Morgan fingerprint density at radius 1 is 1.16 bits per heavy atom. The molecule has 4 rings (SSSR count). The van der Waals surface area contributed by atoms with E-state index in [1.165, 1.54) is 4.90 Å². The number of anilines is 1. The molecule has 0 saturated heterocycles. The van der Waals surface area contributed by atoms with E-state index in [9.17, 15) is 34.8 Å². The van der Waals surface area contributed by atoms with E-state index in [4.69, 9.17) is 5.73 Å². The van der Waals surface area contributed by atoms with Gasteiger partial charge in [-0.05, 0) is 51.2 Å². The topological polar surface area (TPSA) is 180 Å². The summed E-state index contributed by atoms with van der Waals surface area (Å²) in [5, 5.41) is 45.9. The first-order valence-corrected chi connectivity index (χ1v) is 14.4. The van der Waals surface area contributed by atoms with Crippen LogP contribution >= 0.6 is 0 Å². The van der Waals surface area contributed by atoms with Gasteiger partial charge in [-0.15, -0.1) is 0 Å². The van der Waals surface area contributed by atoms with Gasteiger partial charge >= 0.3 is 0 Å². The average Bonchev–Trinajstić information content (AvgIpc) is 2.89. The molecule has 0 aromatic heterocycles. The number of phenolic OH excluding ortho intramolecular Hbond substituents is 1. The summed E-state index contributed by atoms with van der Waals surface area (Å²) in [7, 11) is 8.64. The second kappa shape index (κ2) is 11.1. The predicted molar refractivity (Wildman–Crippen MR) is 167 cm³/mol. The Morgan fingerprint density at radius 2 is 1.77 bits per heavy atom. The molecular formula is C32H43N5O7. The number of phenols is 1. The number of carbonyl (C=O) groups is 3. The Labute approximate surface area is 257 Å². The van der Waals surface area contributed by atoms with Crippen LogP contribution < -0.4 is 10.6 Å². The normalized spacial score (nSPS) is 25.5. The molecule has 1 amide bonds. The highest BCUT2D eigenvalue weighted by molar-refractivity contribution is 6.25. The van der Waals surface area contributed by atoms with E-state index in [0.29, 0.717) is 16.8 Å². The molecule has 3 aliphatic carbocycles. The molecule has 0 heterocycles. The third-order valence-electron chi connectivity index (χ3n) is 8.96. The zero-order chi connectivity index (χ0) is 33.2. The zero-order valence-corrected chi connectivity index (χ0v) is 26.6. The van der Waals surface area contributed by atoms with Gasteiger partial charge in [0.1, 0.15) is 22.8 Å². The van der Waals surface area contributed by atoms with Crippen molar-refractivity contribution < 1.29 is 34.8 Å². The van der Waals surface area contributed by atoms with E-state index in [2.05, 4.69) is 11.7 Å². The fourth-order valence-electron chi connectivity index (χ4n) is 6.87. The lowest BCUT2D eigenvalue weighted by molar-refractivity contribution is -0.148. The quantitative estimate of drug-likeness (QED) is 0.227. The van der Waals surface area contributed by atoms with Crippen LogP contribution in [0.25, 0.3) is 0 Å². The molecule has 0 fully saturated rings. The molecule has 4 atom stereocenters. The van der Waals surface area contributed by atoms with Crippen molar-refractivity contribution in [2.45, 2.75) is 51.8 Å². The van der Waals surface area contributed by atoms with Crippen LogP contribution in [0.4, 0.5) is 5.69 Å².